The number of hydrogen-bond acceptors (Lipinski definition) is 5. The van der Waals surface area contributed by atoms with Crippen LogP contribution >= 0.6 is 22.9 Å². The maximum Gasteiger partial charge on any atom is 0.264 e. The summed E-state index contributed by atoms with van der Waals surface area (Å²) in [4.78, 5) is 16.0. The molecule has 0 aliphatic carbocycles. The summed E-state index contributed by atoms with van der Waals surface area (Å²) < 4.78 is 19.9. The minimum atomic E-state index is -0.318. The van der Waals surface area contributed by atoms with Crippen molar-refractivity contribution in [2.45, 2.75) is 26.4 Å². The van der Waals surface area contributed by atoms with Crippen LogP contribution in [0.1, 0.15) is 29.4 Å². The summed E-state index contributed by atoms with van der Waals surface area (Å²) in [5.74, 6) is 0.111. The average Bonchev–Trinajstić information content (AvgIpc) is 3.42. The normalized spacial score (nSPS) is 11.1. The van der Waals surface area contributed by atoms with Gasteiger partial charge in [-0.2, -0.15) is 0 Å². The lowest BCUT2D eigenvalue weighted by atomic mass is 10.2. The molecule has 4 rings (SSSR count). The van der Waals surface area contributed by atoms with E-state index in [4.69, 9.17) is 16.0 Å². The highest BCUT2D eigenvalue weighted by Crippen LogP contribution is 2.31. The molecule has 0 atom stereocenters. The molecule has 0 fully saturated rings. The van der Waals surface area contributed by atoms with Crippen LogP contribution in [0.4, 0.5) is 4.39 Å². The molecule has 0 saturated carbocycles. The van der Waals surface area contributed by atoms with E-state index in [1.165, 1.54) is 17.4 Å². The Kier molecular flexibility index (Phi) is 6.15. The third-order valence-corrected chi connectivity index (χ3v) is 6.15. The molecule has 2 aromatic heterocycles. The van der Waals surface area contributed by atoms with Crippen molar-refractivity contribution < 1.29 is 13.6 Å². The first-order chi connectivity index (χ1) is 14.9. The molecule has 2 aromatic carbocycles. The van der Waals surface area contributed by atoms with E-state index in [0.717, 1.165) is 0 Å². The summed E-state index contributed by atoms with van der Waals surface area (Å²) in [6, 6.07) is 17.1. The molecule has 158 valence electrons. The number of aromatic nitrogens is 2. The van der Waals surface area contributed by atoms with Crippen LogP contribution in [0, 0.1) is 5.82 Å². The van der Waals surface area contributed by atoms with Gasteiger partial charge in [-0.15, -0.1) is 21.5 Å². The second-order valence-electron chi connectivity index (χ2n) is 7.15. The molecule has 0 saturated heterocycles. The molecule has 0 unspecified atom stereocenters. The zero-order chi connectivity index (χ0) is 22.0. The molecule has 0 spiro atoms. The van der Waals surface area contributed by atoms with Crippen LogP contribution < -0.4 is 0 Å². The van der Waals surface area contributed by atoms with Gasteiger partial charge in [-0.05, 0) is 44.2 Å². The molecule has 2 heterocycles. The lowest BCUT2D eigenvalue weighted by Crippen LogP contribution is -2.36. The van der Waals surface area contributed by atoms with E-state index in [2.05, 4.69) is 10.2 Å². The van der Waals surface area contributed by atoms with Gasteiger partial charge >= 0.3 is 0 Å². The van der Waals surface area contributed by atoms with E-state index in [0.29, 0.717) is 37.7 Å². The van der Waals surface area contributed by atoms with Crippen molar-refractivity contribution in [2.75, 3.05) is 0 Å². The summed E-state index contributed by atoms with van der Waals surface area (Å²) in [5.41, 5.74) is 1.11. The largest absolute Gasteiger partial charge is 0.419 e. The maximum absolute atomic E-state index is 14.1. The number of carbonyl (C=O) groups excluding carboxylic acids is 1. The van der Waals surface area contributed by atoms with Crippen LogP contribution in [0.25, 0.3) is 21.9 Å². The molecule has 0 bridgehead atoms. The molecular formula is C23H19ClFN3O2S. The molecule has 8 heteroatoms. The zero-order valence-electron chi connectivity index (χ0n) is 16.9. The van der Waals surface area contributed by atoms with E-state index >= 15 is 0 Å². The summed E-state index contributed by atoms with van der Waals surface area (Å²) in [5, 5.41) is 8.66. The van der Waals surface area contributed by atoms with Crippen LogP contribution in [-0.2, 0) is 6.54 Å². The Bertz CT molecular complexity index is 1220. The van der Waals surface area contributed by atoms with Crippen LogP contribution in [0.2, 0.25) is 5.02 Å². The third kappa shape index (κ3) is 4.52. The van der Waals surface area contributed by atoms with E-state index in [9.17, 15) is 9.18 Å². The summed E-state index contributed by atoms with van der Waals surface area (Å²) in [7, 11) is 0. The topological polar surface area (TPSA) is 59.2 Å². The first-order valence-corrected chi connectivity index (χ1v) is 10.9. The van der Waals surface area contributed by atoms with Crippen molar-refractivity contribution in [2.24, 2.45) is 0 Å². The van der Waals surface area contributed by atoms with Gasteiger partial charge in [0.25, 0.3) is 5.91 Å². The number of nitrogens with zero attached hydrogens (tertiary/aromatic N) is 3. The number of halogens is 2. The molecule has 4 aromatic rings. The fraction of sp³-hybridized carbons (Fsp3) is 0.174. The van der Waals surface area contributed by atoms with Gasteiger partial charge in [0.15, 0.2) is 0 Å². The Balaban J connectivity index is 1.56. The van der Waals surface area contributed by atoms with Crippen LogP contribution in [-0.4, -0.2) is 27.0 Å². The predicted molar refractivity (Wildman–Crippen MR) is 119 cm³/mol. The quantitative estimate of drug-likeness (QED) is 0.342. The van der Waals surface area contributed by atoms with Gasteiger partial charge in [-0.25, -0.2) is 4.39 Å². The van der Waals surface area contributed by atoms with E-state index < -0.39 is 0 Å². The Morgan fingerprint density at radius 3 is 2.48 bits per heavy atom. The van der Waals surface area contributed by atoms with Crippen molar-refractivity contribution in [3.05, 3.63) is 82.3 Å². The molecule has 5 nitrogen and oxygen atoms in total. The van der Waals surface area contributed by atoms with Gasteiger partial charge in [0.1, 0.15) is 5.82 Å². The number of rotatable bonds is 6. The minimum Gasteiger partial charge on any atom is -0.419 e. The van der Waals surface area contributed by atoms with Gasteiger partial charge in [0.05, 0.1) is 22.0 Å². The SMILES string of the molecule is CC(C)N(Cc1nnc(-c2ccccc2Cl)o1)C(=O)c1ccc(-c2ccccc2F)s1. The number of benzene rings is 2. The van der Waals surface area contributed by atoms with Crippen LogP contribution in [0.3, 0.4) is 0 Å². The number of thiophene rings is 1. The third-order valence-electron chi connectivity index (χ3n) is 4.72. The van der Waals surface area contributed by atoms with Crippen molar-refractivity contribution in [3.8, 4) is 21.9 Å². The number of hydrogen-bond donors (Lipinski definition) is 0. The second-order valence-corrected chi connectivity index (χ2v) is 8.64. The lowest BCUT2D eigenvalue weighted by molar-refractivity contribution is 0.0677. The Morgan fingerprint density at radius 2 is 1.77 bits per heavy atom. The molecular weight excluding hydrogens is 437 g/mol. The maximum atomic E-state index is 14.1. The fourth-order valence-corrected chi connectivity index (χ4v) is 4.30. The number of carbonyl (C=O) groups is 1. The summed E-state index contributed by atoms with van der Waals surface area (Å²) in [6.45, 7) is 3.98. The van der Waals surface area contributed by atoms with Gasteiger partial charge in [0, 0.05) is 16.5 Å². The molecule has 0 N–H and O–H groups in total. The molecule has 1 amide bonds. The monoisotopic (exact) mass is 455 g/mol. The second kappa shape index (κ2) is 8.99. The zero-order valence-corrected chi connectivity index (χ0v) is 18.5. The number of amides is 1. The van der Waals surface area contributed by atoms with Gasteiger partial charge in [-0.1, -0.05) is 41.9 Å². The highest BCUT2D eigenvalue weighted by molar-refractivity contribution is 7.17. The standard InChI is InChI=1S/C23H19ClFN3O2S/c1-14(2)28(13-21-26-27-22(30-21)15-7-3-5-9-17(15)24)23(29)20-12-11-19(31-20)16-8-4-6-10-18(16)25/h3-12,14H,13H2,1-2H3. The van der Waals surface area contributed by atoms with Crippen molar-refractivity contribution >= 4 is 28.8 Å². The molecule has 0 aliphatic rings. The van der Waals surface area contributed by atoms with Crippen LogP contribution in [0.15, 0.2) is 65.1 Å². The Morgan fingerprint density at radius 1 is 1.06 bits per heavy atom. The van der Waals surface area contributed by atoms with E-state index in [1.54, 1.807) is 47.4 Å². The fourth-order valence-electron chi connectivity index (χ4n) is 3.10. The summed E-state index contributed by atoms with van der Waals surface area (Å²) >= 11 is 7.45. The summed E-state index contributed by atoms with van der Waals surface area (Å²) in [6.07, 6.45) is 0. The first kappa shape index (κ1) is 21.2. The highest BCUT2D eigenvalue weighted by Gasteiger charge is 2.24. The van der Waals surface area contributed by atoms with E-state index in [1.807, 2.05) is 26.0 Å². The van der Waals surface area contributed by atoms with Crippen molar-refractivity contribution in [1.82, 2.24) is 15.1 Å². The van der Waals surface area contributed by atoms with Crippen molar-refractivity contribution in [1.29, 1.82) is 0 Å². The predicted octanol–water partition coefficient (Wildman–Crippen LogP) is 6.31. The van der Waals surface area contributed by atoms with Gasteiger partial charge in [-0.3, -0.25) is 4.79 Å². The van der Waals surface area contributed by atoms with Crippen LogP contribution in [0.5, 0.6) is 0 Å². The van der Waals surface area contributed by atoms with E-state index in [-0.39, 0.29) is 24.3 Å². The Hall–Kier alpha value is -3.03. The smallest absolute Gasteiger partial charge is 0.264 e. The average molecular weight is 456 g/mol. The highest BCUT2D eigenvalue weighted by atomic mass is 35.5. The molecule has 0 aliphatic heterocycles. The molecule has 31 heavy (non-hydrogen) atoms. The van der Waals surface area contributed by atoms with Gasteiger partial charge in [0.2, 0.25) is 11.8 Å². The lowest BCUT2D eigenvalue weighted by Gasteiger charge is -2.24. The van der Waals surface area contributed by atoms with Gasteiger partial charge < -0.3 is 9.32 Å². The minimum absolute atomic E-state index is 0.109. The Labute approximate surface area is 188 Å². The first-order valence-electron chi connectivity index (χ1n) is 9.67. The molecule has 0 radical (unpaired) electrons. The van der Waals surface area contributed by atoms with Crippen molar-refractivity contribution in [3.63, 3.8) is 0 Å².